The first-order valence-corrected chi connectivity index (χ1v) is 12.6. The van der Waals surface area contributed by atoms with Crippen LogP contribution in [0.5, 0.6) is 0 Å². The number of hydrogen-bond donors (Lipinski definition) is 2. The molecule has 0 aliphatic heterocycles. The van der Waals surface area contributed by atoms with Gasteiger partial charge in [0.15, 0.2) is 5.13 Å². The molecule has 0 fully saturated rings. The number of halogens is 1. The number of thiazole rings is 2. The summed E-state index contributed by atoms with van der Waals surface area (Å²) in [7, 11) is 0. The molecular formula is C23H19FN4O2S3. The summed E-state index contributed by atoms with van der Waals surface area (Å²) < 4.78 is 14.5. The summed E-state index contributed by atoms with van der Waals surface area (Å²) in [5, 5.41) is 10.4. The zero-order chi connectivity index (χ0) is 23.4. The Morgan fingerprint density at radius 2 is 1.88 bits per heavy atom. The zero-order valence-electron chi connectivity index (χ0n) is 17.7. The SMILES string of the molecule is CC(=O)Nc1ccc(-c2csc(NC(=O)c3ccccc3SCc3csc(C)n3)n2)c(F)c1. The second-order valence-electron chi connectivity index (χ2n) is 7.01. The van der Waals surface area contributed by atoms with Gasteiger partial charge >= 0.3 is 0 Å². The number of nitrogens with zero attached hydrogens (tertiary/aromatic N) is 2. The normalized spacial score (nSPS) is 10.8. The summed E-state index contributed by atoms with van der Waals surface area (Å²) in [6.07, 6.45) is 0. The molecule has 4 aromatic rings. The molecule has 0 saturated heterocycles. The fraction of sp³-hybridized carbons (Fsp3) is 0.130. The van der Waals surface area contributed by atoms with E-state index in [0.29, 0.717) is 27.8 Å². The number of nitrogens with one attached hydrogen (secondary N) is 2. The minimum Gasteiger partial charge on any atom is -0.326 e. The van der Waals surface area contributed by atoms with Crippen LogP contribution in [-0.2, 0) is 10.5 Å². The Morgan fingerprint density at radius 1 is 1.06 bits per heavy atom. The highest BCUT2D eigenvalue weighted by atomic mass is 32.2. The third-order valence-electron chi connectivity index (χ3n) is 4.46. The van der Waals surface area contributed by atoms with Crippen LogP contribution < -0.4 is 10.6 Å². The molecule has 168 valence electrons. The van der Waals surface area contributed by atoms with Gasteiger partial charge in [-0.05, 0) is 37.3 Å². The van der Waals surface area contributed by atoms with E-state index in [4.69, 9.17) is 0 Å². The van der Waals surface area contributed by atoms with Gasteiger partial charge in [-0.2, -0.15) is 0 Å². The number of aromatic nitrogens is 2. The number of amides is 2. The van der Waals surface area contributed by atoms with E-state index in [1.165, 1.54) is 24.3 Å². The first kappa shape index (κ1) is 23.1. The Labute approximate surface area is 202 Å². The van der Waals surface area contributed by atoms with Crippen molar-refractivity contribution in [3.8, 4) is 11.3 Å². The largest absolute Gasteiger partial charge is 0.326 e. The first-order chi connectivity index (χ1) is 15.9. The highest BCUT2D eigenvalue weighted by Crippen LogP contribution is 2.30. The molecule has 2 aromatic heterocycles. The average molecular weight is 499 g/mol. The van der Waals surface area contributed by atoms with Crippen molar-refractivity contribution < 1.29 is 14.0 Å². The van der Waals surface area contributed by atoms with E-state index in [2.05, 4.69) is 20.6 Å². The minimum atomic E-state index is -0.511. The molecule has 33 heavy (non-hydrogen) atoms. The molecule has 0 atom stereocenters. The van der Waals surface area contributed by atoms with Crippen molar-refractivity contribution in [1.29, 1.82) is 0 Å². The molecule has 6 nitrogen and oxygen atoms in total. The number of anilines is 2. The van der Waals surface area contributed by atoms with Gasteiger partial charge in [-0.15, -0.1) is 34.4 Å². The van der Waals surface area contributed by atoms with Gasteiger partial charge in [0.1, 0.15) is 5.82 Å². The molecule has 0 aliphatic carbocycles. The highest BCUT2D eigenvalue weighted by Gasteiger charge is 2.16. The summed E-state index contributed by atoms with van der Waals surface area (Å²) >= 11 is 4.36. The molecule has 10 heteroatoms. The maximum atomic E-state index is 14.5. The van der Waals surface area contributed by atoms with E-state index in [1.807, 2.05) is 30.5 Å². The lowest BCUT2D eigenvalue weighted by Gasteiger charge is -2.08. The van der Waals surface area contributed by atoms with E-state index in [0.717, 1.165) is 15.6 Å². The van der Waals surface area contributed by atoms with Crippen molar-refractivity contribution in [3.63, 3.8) is 0 Å². The standard InChI is InChI=1S/C23H19FN4O2S3/c1-13(29)25-15-7-8-17(19(24)9-15)20-12-33-23(27-20)28-22(30)18-5-3-4-6-21(18)32-11-16-10-31-14(2)26-16/h3-10,12H,11H2,1-2H3,(H,25,29)(H,27,28,30). The smallest absolute Gasteiger partial charge is 0.258 e. The Kier molecular flexibility index (Phi) is 7.17. The maximum Gasteiger partial charge on any atom is 0.258 e. The van der Waals surface area contributed by atoms with Crippen LogP contribution in [0.2, 0.25) is 0 Å². The molecule has 4 rings (SSSR count). The molecule has 0 unspecified atom stereocenters. The Morgan fingerprint density at radius 3 is 2.61 bits per heavy atom. The van der Waals surface area contributed by atoms with E-state index >= 15 is 0 Å². The van der Waals surface area contributed by atoms with Gasteiger partial charge < -0.3 is 5.32 Å². The van der Waals surface area contributed by atoms with Crippen molar-refractivity contribution in [3.05, 3.63) is 75.3 Å². The number of benzene rings is 2. The van der Waals surface area contributed by atoms with Crippen molar-refractivity contribution in [2.45, 2.75) is 24.5 Å². The molecule has 0 bridgehead atoms. The van der Waals surface area contributed by atoms with Crippen LogP contribution in [0, 0.1) is 12.7 Å². The molecule has 0 aliphatic rings. The fourth-order valence-corrected chi connectivity index (χ4v) is 5.40. The quantitative estimate of drug-likeness (QED) is 0.296. The first-order valence-electron chi connectivity index (χ1n) is 9.86. The van der Waals surface area contributed by atoms with Crippen LogP contribution in [0.25, 0.3) is 11.3 Å². The van der Waals surface area contributed by atoms with Crippen molar-refractivity contribution >= 4 is 57.1 Å². The van der Waals surface area contributed by atoms with Gasteiger partial charge in [0.2, 0.25) is 5.91 Å². The van der Waals surface area contributed by atoms with Crippen LogP contribution >= 0.6 is 34.4 Å². The topological polar surface area (TPSA) is 84.0 Å². The molecule has 2 aromatic carbocycles. The third kappa shape index (κ3) is 5.84. The van der Waals surface area contributed by atoms with Crippen molar-refractivity contribution in [2.75, 3.05) is 10.6 Å². The van der Waals surface area contributed by atoms with Crippen LogP contribution in [0.4, 0.5) is 15.2 Å². The van der Waals surface area contributed by atoms with Crippen LogP contribution in [0.1, 0.15) is 28.0 Å². The lowest BCUT2D eigenvalue weighted by atomic mass is 10.1. The summed E-state index contributed by atoms with van der Waals surface area (Å²) in [5.74, 6) is -0.400. The number of carbonyl (C=O) groups excluding carboxylic acids is 2. The van der Waals surface area contributed by atoms with E-state index in [-0.39, 0.29) is 17.4 Å². The summed E-state index contributed by atoms with van der Waals surface area (Å²) in [5.41, 5.74) is 2.58. The van der Waals surface area contributed by atoms with E-state index < -0.39 is 5.82 Å². The van der Waals surface area contributed by atoms with Gasteiger partial charge in [0.05, 0.1) is 22.0 Å². The molecule has 2 amide bonds. The molecule has 0 spiro atoms. The Hall–Kier alpha value is -3.08. The van der Waals surface area contributed by atoms with Gasteiger partial charge in [-0.3, -0.25) is 14.9 Å². The highest BCUT2D eigenvalue weighted by molar-refractivity contribution is 7.98. The molecule has 0 saturated carbocycles. The lowest BCUT2D eigenvalue weighted by Crippen LogP contribution is -2.12. The number of hydrogen-bond acceptors (Lipinski definition) is 7. The van der Waals surface area contributed by atoms with Crippen LogP contribution in [-0.4, -0.2) is 21.8 Å². The molecule has 2 N–H and O–H groups in total. The van der Waals surface area contributed by atoms with Crippen LogP contribution in [0.15, 0.2) is 58.1 Å². The van der Waals surface area contributed by atoms with Gasteiger partial charge in [0.25, 0.3) is 5.91 Å². The fourth-order valence-electron chi connectivity index (χ4n) is 3.03. The number of thioether (sulfide) groups is 1. The second kappa shape index (κ2) is 10.2. The molecule has 0 radical (unpaired) electrons. The summed E-state index contributed by atoms with van der Waals surface area (Å²) in [4.78, 5) is 33.8. The minimum absolute atomic E-state index is 0.277. The Balaban J connectivity index is 1.46. The predicted octanol–water partition coefficient (Wildman–Crippen LogP) is 6.22. The third-order valence-corrected chi connectivity index (χ3v) is 7.15. The number of carbonyl (C=O) groups is 2. The van der Waals surface area contributed by atoms with Crippen molar-refractivity contribution in [2.24, 2.45) is 0 Å². The lowest BCUT2D eigenvalue weighted by molar-refractivity contribution is -0.114. The average Bonchev–Trinajstić information content (AvgIpc) is 3.41. The Bertz CT molecular complexity index is 1320. The summed E-state index contributed by atoms with van der Waals surface area (Å²) in [6, 6.07) is 11.8. The van der Waals surface area contributed by atoms with E-state index in [9.17, 15) is 14.0 Å². The summed E-state index contributed by atoms with van der Waals surface area (Å²) in [6.45, 7) is 3.32. The predicted molar refractivity (Wildman–Crippen MR) is 133 cm³/mol. The second-order valence-corrected chi connectivity index (χ2v) is 9.95. The number of aryl methyl sites for hydroxylation is 1. The zero-order valence-corrected chi connectivity index (χ0v) is 20.2. The maximum absolute atomic E-state index is 14.5. The van der Waals surface area contributed by atoms with Crippen LogP contribution in [0.3, 0.4) is 0 Å². The van der Waals surface area contributed by atoms with Gasteiger partial charge in [-0.1, -0.05) is 12.1 Å². The number of rotatable bonds is 7. The molecule has 2 heterocycles. The van der Waals surface area contributed by atoms with E-state index in [1.54, 1.807) is 46.7 Å². The van der Waals surface area contributed by atoms with Crippen molar-refractivity contribution in [1.82, 2.24) is 9.97 Å². The molecular weight excluding hydrogens is 479 g/mol. The van der Waals surface area contributed by atoms with Gasteiger partial charge in [0, 0.05) is 39.6 Å². The monoisotopic (exact) mass is 498 g/mol. The van der Waals surface area contributed by atoms with Gasteiger partial charge in [-0.25, -0.2) is 14.4 Å².